The maximum Gasteiger partial charge on any atom is 0.267 e. The highest BCUT2D eigenvalue weighted by Gasteiger charge is 2.30. The van der Waals surface area contributed by atoms with Crippen molar-refractivity contribution in [3.8, 4) is 22.6 Å². The molecule has 0 aliphatic rings. The Hall–Kier alpha value is -3.51. The zero-order chi connectivity index (χ0) is 22.0. The number of pyridine rings is 1. The summed E-state index contributed by atoms with van der Waals surface area (Å²) in [6, 6.07) is 20.6. The van der Waals surface area contributed by atoms with Crippen LogP contribution in [0.4, 0.5) is 0 Å². The van der Waals surface area contributed by atoms with Gasteiger partial charge in [0, 0.05) is 28.0 Å². The lowest BCUT2D eigenvalue weighted by atomic mass is 9.80. The molecule has 0 radical (unpaired) electrons. The van der Waals surface area contributed by atoms with Crippen LogP contribution in [-0.4, -0.2) is 21.0 Å². The summed E-state index contributed by atoms with van der Waals surface area (Å²) in [5.74, 6) is 0.400. The molecule has 0 aliphatic carbocycles. The minimum Gasteiger partial charge on any atom is -0.364 e. The minimum atomic E-state index is -0.595. The van der Waals surface area contributed by atoms with Gasteiger partial charge in [-0.3, -0.25) is 4.79 Å². The van der Waals surface area contributed by atoms with E-state index in [0.29, 0.717) is 34.4 Å². The smallest absolute Gasteiger partial charge is 0.267 e. The molecule has 0 spiro atoms. The fourth-order valence-corrected chi connectivity index (χ4v) is 3.70. The monoisotopic (exact) mass is 432 g/mol. The maximum absolute atomic E-state index is 12.2. The van der Waals surface area contributed by atoms with Gasteiger partial charge in [0.05, 0.1) is 5.69 Å². The number of nitrogens with zero attached hydrogens (tertiary/aromatic N) is 3. The summed E-state index contributed by atoms with van der Waals surface area (Å²) in [5.41, 5.74) is 8.40. The Labute approximate surface area is 185 Å². The molecule has 31 heavy (non-hydrogen) atoms. The van der Waals surface area contributed by atoms with E-state index in [1.165, 1.54) is 0 Å². The highest BCUT2D eigenvalue weighted by atomic mass is 35.5. The van der Waals surface area contributed by atoms with E-state index in [4.69, 9.17) is 21.9 Å². The van der Waals surface area contributed by atoms with E-state index < -0.39 is 11.3 Å². The van der Waals surface area contributed by atoms with Crippen molar-refractivity contribution in [2.24, 2.45) is 5.73 Å². The zero-order valence-corrected chi connectivity index (χ0v) is 17.9. The molecule has 4 rings (SSSR count). The van der Waals surface area contributed by atoms with Gasteiger partial charge in [-0.15, -0.1) is 0 Å². The molecule has 2 aromatic carbocycles. The maximum atomic E-state index is 12.2. The second-order valence-electron chi connectivity index (χ2n) is 7.91. The Morgan fingerprint density at radius 1 is 1.00 bits per heavy atom. The molecule has 0 atom stereocenters. The molecule has 6 nitrogen and oxygen atoms in total. The molecule has 0 fully saturated rings. The van der Waals surface area contributed by atoms with Gasteiger partial charge in [0.1, 0.15) is 5.69 Å². The van der Waals surface area contributed by atoms with Gasteiger partial charge in [-0.05, 0) is 23.8 Å². The highest BCUT2D eigenvalue weighted by molar-refractivity contribution is 6.30. The summed E-state index contributed by atoms with van der Waals surface area (Å²) >= 11 is 6.09. The molecule has 4 aromatic rings. The average molecular weight is 433 g/mol. The van der Waals surface area contributed by atoms with Crippen molar-refractivity contribution in [2.75, 3.05) is 0 Å². The lowest BCUT2D eigenvalue weighted by molar-refractivity contribution is 0.0993. The Kier molecular flexibility index (Phi) is 5.57. The second kappa shape index (κ2) is 8.32. The van der Waals surface area contributed by atoms with Crippen molar-refractivity contribution in [1.29, 1.82) is 0 Å². The number of hydrogen-bond acceptors (Lipinski definition) is 5. The summed E-state index contributed by atoms with van der Waals surface area (Å²) < 4.78 is 5.47. The third-order valence-electron chi connectivity index (χ3n) is 5.07. The van der Waals surface area contributed by atoms with E-state index in [1.807, 2.05) is 68.4 Å². The van der Waals surface area contributed by atoms with Crippen LogP contribution in [0.5, 0.6) is 0 Å². The summed E-state index contributed by atoms with van der Waals surface area (Å²) in [6.45, 7) is 3.98. The van der Waals surface area contributed by atoms with Crippen molar-refractivity contribution < 1.29 is 9.32 Å². The summed E-state index contributed by atoms with van der Waals surface area (Å²) in [5, 5.41) is 4.67. The minimum absolute atomic E-state index is 0.213. The third kappa shape index (κ3) is 4.49. The molecule has 2 N–H and O–H groups in total. The first-order valence-corrected chi connectivity index (χ1v) is 10.2. The van der Waals surface area contributed by atoms with Crippen LogP contribution in [0.3, 0.4) is 0 Å². The van der Waals surface area contributed by atoms with Gasteiger partial charge in [-0.25, -0.2) is 4.98 Å². The summed E-state index contributed by atoms with van der Waals surface area (Å²) in [4.78, 5) is 21.3. The Bertz CT molecular complexity index is 1240. The van der Waals surface area contributed by atoms with Crippen molar-refractivity contribution in [2.45, 2.75) is 25.7 Å². The lowest BCUT2D eigenvalue weighted by Gasteiger charge is -2.25. The topological polar surface area (TPSA) is 94.9 Å². The SMILES string of the molecule is CC(C)(Cc1nc(-c2ccccc2)no1)c1ccc(-c2cccc(Cl)c2)nc1C(N)=O. The highest BCUT2D eigenvalue weighted by Crippen LogP contribution is 2.32. The first kappa shape index (κ1) is 20.8. The van der Waals surface area contributed by atoms with Crippen LogP contribution in [0, 0.1) is 0 Å². The number of carbonyl (C=O) groups excluding carboxylic acids is 1. The van der Waals surface area contributed by atoms with Gasteiger partial charge in [0.2, 0.25) is 11.7 Å². The van der Waals surface area contributed by atoms with E-state index in [1.54, 1.807) is 12.1 Å². The number of primary amides is 1. The molecule has 0 aliphatic heterocycles. The molecule has 7 heteroatoms. The third-order valence-corrected chi connectivity index (χ3v) is 5.31. The molecule has 0 bridgehead atoms. The van der Waals surface area contributed by atoms with Gasteiger partial charge >= 0.3 is 0 Å². The predicted octanol–water partition coefficient (Wildman–Crippen LogP) is 5.07. The lowest BCUT2D eigenvalue weighted by Crippen LogP contribution is -2.27. The molecule has 1 amide bonds. The van der Waals surface area contributed by atoms with Crippen LogP contribution in [0.25, 0.3) is 22.6 Å². The number of amides is 1. The average Bonchev–Trinajstić information content (AvgIpc) is 3.21. The summed E-state index contributed by atoms with van der Waals surface area (Å²) in [6.07, 6.45) is 0.422. The molecule has 0 saturated carbocycles. The Morgan fingerprint density at radius 3 is 2.45 bits per heavy atom. The van der Waals surface area contributed by atoms with Crippen molar-refractivity contribution >= 4 is 17.5 Å². The van der Waals surface area contributed by atoms with Gasteiger partial charge in [0.15, 0.2) is 0 Å². The molecule has 0 saturated heterocycles. The van der Waals surface area contributed by atoms with Crippen LogP contribution in [0.1, 0.15) is 35.8 Å². The predicted molar refractivity (Wildman–Crippen MR) is 120 cm³/mol. The first-order chi connectivity index (χ1) is 14.8. The summed E-state index contributed by atoms with van der Waals surface area (Å²) in [7, 11) is 0. The van der Waals surface area contributed by atoms with Gasteiger partial charge in [-0.1, -0.05) is 79.1 Å². The zero-order valence-electron chi connectivity index (χ0n) is 17.2. The van der Waals surface area contributed by atoms with Crippen LogP contribution < -0.4 is 5.73 Å². The second-order valence-corrected chi connectivity index (χ2v) is 8.34. The molecule has 2 aromatic heterocycles. The van der Waals surface area contributed by atoms with E-state index in [0.717, 1.165) is 11.1 Å². The van der Waals surface area contributed by atoms with Gasteiger partial charge in [0.25, 0.3) is 5.91 Å². The number of hydrogen-bond donors (Lipinski definition) is 1. The molecule has 0 unspecified atom stereocenters. The molecule has 2 heterocycles. The number of halogens is 1. The van der Waals surface area contributed by atoms with Crippen LogP contribution in [0.2, 0.25) is 5.02 Å². The Morgan fingerprint density at radius 2 is 1.74 bits per heavy atom. The Balaban J connectivity index is 1.66. The number of rotatable bonds is 6. The van der Waals surface area contributed by atoms with Gasteiger partial charge < -0.3 is 10.3 Å². The fourth-order valence-electron chi connectivity index (χ4n) is 3.51. The fraction of sp³-hybridized carbons (Fsp3) is 0.167. The number of benzene rings is 2. The molecular weight excluding hydrogens is 412 g/mol. The molecular formula is C24H21ClN4O2. The van der Waals surface area contributed by atoms with Crippen molar-refractivity contribution in [1.82, 2.24) is 15.1 Å². The standard InChI is InChI=1S/C24H21ClN4O2/c1-24(2,14-20-28-23(29-31-20)15-7-4-3-5-8-15)18-11-12-19(27-21(18)22(26)30)16-9-6-10-17(25)13-16/h3-13H,14H2,1-2H3,(H2,26,30). The number of nitrogens with two attached hydrogens (primary N) is 1. The van der Waals surface area contributed by atoms with Crippen LogP contribution in [0.15, 0.2) is 71.3 Å². The van der Waals surface area contributed by atoms with E-state index in [2.05, 4.69) is 15.1 Å². The molecule has 156 valence electrons. The van der Waals surface area contributed by atoms with Gasteiger partial charge in [-0.2, -0.15) is 4.98 Å². The quantitative estimate of drug-likeness (QED) is 0.458. The number of aromatic nitrogens is 3. The largest absolute Gasteiger partial charge is 0.364 e. The van der Waals surface area contributed by atoms with E-state index >= 15 is 0 Å². The first-order valence-electron chi connectivity index (χ1n) is 9.79. The number of carbonyl (C=O) groups is 1. The van der Waals surface area contributed by atoms with Crippen LogP contribution >= 0.6 is 11.6 Å². The van der Waals surface area contributed by atoms with Crippen molar-refractivity contribution in [3.05, 3.63) is 88.9 Å². The van der Waals surface area contributed by atoms with E-state index in [9.17, 15) is 4.79 Å². The normalized spacial score (nSPS) is 11.5. The van der Waals surface area contributed by atoms with Crippen molar-refractivity contribution in [3.63, 3.8) is 0 Å². The van der Waals surface area contributed by atoms with E-state index in [-0.39, 0.29) is 5.69 Å². The van der Waals surface area contributed by atoms with Crippen LogP contribution in [-0.2, 0) is 11.8 Å².